The zero-order chi connectivity index (χ0) is 24.9. The first-order chi connectivity index (χ1) is 16.2. The molecule has 180 valence electrons. The number of carbonyl (C=O) groups is 3. The van der Waals surface area contributed by atoms with Gasteiger partial charge in [-0.05, 0) is 43.9 Å². The summed E-state index contributed by atoms with van der Waals surface area (Å²) in [5, 5.41) is 11.5. The highest BCUT2D eigenvalue weighted by Crippen LogP contribution is 2.33. The summed E-state index contributed by atoms with van der Waals surface area (Å²) in [4.78, 5) is 51.1. The van der Waals surface area contributed by atoms with Crippen molar-refractivity contribution in [2.45, 2.75) is 44.9 Å². The maximum absolute atomic E-state index is 13.5. The van der Waals surface area contributed by atoms with E-state index in [-0.39, 0.29) is 18.9 Å². The second kappa shape index (κ2) is 10.3. The van der Waals surface area contributed by atoms with Crippen molar-refractivity contribution in [3.63, 3.8) is 0 Å². The van der Waals surface area contributed by atoms with E-state index >= 15 is 0 Å². The molecule has 0 saturated carbocycles. The van der Waals surface area contributed by atoms with Crippen LogP contribution in [0.4, 0.5) is 5.69 Å². The van der Waals surface area contributed by atoms with Crippen molar-refractivity contribution in [3.05, 3.63) is 69.8 Å². The van der Waals surface area contributed by atoms with Gasteiger partial charge in [0.2, 0.25) is 0 Å². The minimum Gasteiger partial charge on any atom is -0.466 e. The van der Waals surface area contributed by atoms with Gasteiger partial charge >= 0.3 is 17.6 Å². The fourth-order valence-corrected chi connectivity index (χ4v) is 3.80. The number of hydrogen-bond donors (Lipinski definition) is 0. The maximum Gasteiger partial charge on any atom is 0.359 e. The molecule has 2 aromatic carbocycles. The molecule has 1 aliphatic heterocycles. The van der Waals surface area contributed by atoms with Crippen molar-refractivity contribution in [1.82, 2.24) is 4.90 Å². The number of nitrogens with zero attached hydrogens (tertiary/aromatic N) is 2. The molecule has 10 nitrogen and oxygen atoms in total. The molecule has 0 radical (unpaired) electrons. The summed E-state index contributed by atoms with van der Waals surface area (Å²) in [6.07, 6.45) is 0.861. The Bertz CT molecular complexity index is 1090. The van der Waals surface area contributed by atoms with Crippen LogP contribution in [0.3, 0.4) is 0 Å². The Kier molecular flexibility index (Phi) is 7.50. The van der Waals surface area contributed by atoms with Gasteiger partial charge in [0.05, 0.1) is 12.0 Å². The Hall–Kier alpha value is -3.95. The van der Waals surface area contributed by atoms with Crippen LogP contribution < -0.4 is 4.74 Å². The van der Waals surface area contributed by atoms with Gasteiger partial charge < -0.3 is 19.1 Å². The quantitative estimate of drug-likeness (QED) is 0.250. The van der Waals surface area contributed by atoms with E-state index in [9.17, 15) is 24.5 Å². The van der Waals surface area contributed by atoms with Gasteiger partial charge in [-0.3, -0.25) is 14.9 Å². The second-order valence-electron chi connectivity index (χ2n) is 8.11. The van der Waals surface area contributed by atoms with Crippen molar-refractivity contribution < 1.29 is 33.5 Å². The summed E-state index contributed by atoms with van der Waals surface area (Å²) in [5.41, 5.74) is -1.26. The van der Waals surface area contributed by atoms with Gasteiger partial charge in [-0.1, -0.05) is 36.4 Å². The Morgan fingerprint density at radius 3 is 2.53 bits per heavy atom. The van der Waals surface area contributed by atoms with Gasteiger partial charge in [-0.2, -0.15) is 0 Å². The van der Waals surface area contributed by atoms with E-state index in [1.807, 2.05) is 30.3 Å². The van der Waals surface area contributed by atoms with E-state index in [1.54, 1.807) is 13.0 Å². The summed E-state index contributed by atoms with van der Waals surface area (Å²) in [7, 11) is 1.08. The average molecular weight is 470 g/mol. The molecule has 0 N–H and O–H groups in total. The van der Waals surface area contributed by atoms with E-state index in [2.05, 4.69) is 0 Å². The second-order valence-corrected chi connectivity index (χ2v) is 8.11. The normalized spacial score (nSPS) is 16.9. The third-order valence-corrected chi connectivity index (χ3v) is 5.62. The lowest BCUT2D eigenvalue weighted by atomic mass is 10.0. The molecule has 10 heteroatoms. The summed E-state index contributed by atoms with van der Waals surface area (Å²) < 4.78 is 15.9. The third kappa shape index (κ3) is 5.16. The van der Waals surface area contributed by atoms with E-state index < -0.39 is 40.1 Å². The van der Waals surface area contributed by atoms with E-state index in [0.717, 1.165) is 12.7 Å². The zero-order valence-corrected chi connectivity index (χ0v) is 19.2. The fourth-order valence-electron chi connectivity index (χ4n) is 3.80. The van der Waals surface area contributed by atoms with Crippen molar-refractivity contribution in [2.24, 2.45) is 0 Å². The van der Waals surface area contributed by atoms with Crippen molar-refractivity contribution >= 4 is 23.5 Å². The number of esters is 2. The van der Waals surface area contributed by atoms with Crippen LogP contribution in [0.25, 0.3) is 0 Å². The van der Waals surface area contributed by atoms with Gasteiger partial charge in [0, 0.05) is 12.6 Å². The molecule has 2 atom stereocenters. The minimum atomic E-state index is -2.25. The summed E-state index contributed by atoms with van der Waals surface area (Å²) in [6, 6.07) is 12.3. The Morgan fingerprint density at radius 1 is 1.18 bits per heavy atom. The maximum atomic E-state index is 13.5. The van der Waals surface area contributed by atoms with Crippen molar-refractivity contribution in [3.8, 4) is 5.75 Å². The first-order valence-electron chi connectivity index (χ1n) is 10.7. The lowest BCUT2D eigenvalue weighted by Gasteiger charge is -2.32. The Morgan fingerprint density at radius 2 is 1.88 bits per heavy atom. The van der Waals surface area contributed by atoms with Crippen molar-refractivity contribution in [2.75, 3.05) is 13.7 Å². The van der Waals surface area contributed by atoms with Crippen LogP contribution in [-0.4, -0.2) is 53.0 Å². The Balaban J connectivity index is 1.84. The molecular weight excluding hydrogens is 444 g/mol. The van der Waals surface area contributed by atoms with Crippen LogP contribution in [-0.2, 0) is 30.5 Å². The minimum absolute atomic E-state index is 0.0402. The Labute approximate surface area is 196 Å². The topological polar surface area (TPSA) is 125 Å². The van der Waals surface area contributed by atoms with Crippen LogP contribution in [0.1, 0.15) is 30.9 Å². The molecular formula is C24H26N2O8. The number of nitro groups is 1. The van der Waals surface area contributed by atoms with Crippen LogP contribution in [0.2, 0.25) is 0 Å². The van der Waals surface area contributed by atoms with Gasteiger partial charge in [-0.25, -0.2) is 9.59 Å². The summed E-state index contributed by atoms with van der Waals surface area (Å²) >= 11 is 0. The number of likely N-dealkylation sites (tertiary alicyclic amines) is 1. The molecule has 0 bridgehead atoms. The first kappa shape index (κ1) is 24.7. The monoisotopic (exact) mass is 470 g/mol. The van der Waals surface area contributed by atoms with E-state index in [0.29, 0.717) is 18.4 Å². The number of nitro benzene ring substituents is 1. The van der Waals surface area contributed by atoms with Crippen LogP contribution in [0.15, 0.2) is 48.5 Å². The van der Waals surface area contributed by atoms with Gasteiger partial charge in [-0.15, -0.1) is 0 Å². The molecule has 0 spiro atoms. The molecule has 0 unspecified atom stereocenters. The summed E-state index contributed by atoms with van der Waals surface area (Å²) in [6.45, 7) is 3.07. The number of hydrogen-bond acceptors (Lipinski definition) is 8. The number of aryl methyl sites for hydroxylation is 1. The predicted octanol–water partition coefficient (Wildman–Crippen LogP) is 2.95. The summed E-state index contributed by atoms with van der Waals surface area (Å²) in [5.74, 6) is -2.76. The third-order valence-electron chi connectivity index (χ3n) is 5.62. The van der Waals surface area contributed by atoms with Gasteiger partial charge in [0.25, 0.3) is 11.5 Å². The molecule has 1 amide bonds. The first-order valence-corrected chi connectivity index (χ1v) is 10.7. The van der Waals surface area contributed by atoms with Gasteiger partial charge in [0.15, 0.2) is 5.75 Å². The smallest absolute Gasteiger partial charge is 0.359 e. The molecule has 0 aromatic heterocycles. The molecule has 1 heterocycles. The van der Waals surface area contributed by atoms with E-state index in [1.165, 1.54) is 24.0 Å². The number of benzene rings is 2. The molecule has 34 heavy (non-hydrogen) atoms. The number of ether oxygens (including phenoxy) is 3. The van der Waals surface area contributed by atoms with E-state index in [4.69, 9.17) is 14.2 Å². The lowest BCUT2D eigenvalue weighted by molar-refractivity contribution is -0.386. The van der Waals surface area contributed by atoms with Crippen molar-refractivity contribution in [1.29, 1.82) is 0 Å². The number of amides is 1. The fraction of sp³-hybridized carbons (Fsp3) is 0.375. The van der Waals surface area contributed by atoms with Crippen LogP contribution >= 0.6 is 0 Å². The average Bonchev–Trinajstić information content (AvgIpc) is 3.33. The number of carbonyl (C=O) groups excluding carboxylic acids is 3. The SMILES string of the molecule is COC(=O)[C@](C)(Oc1ccc(C)cc1[N+](=O)[O-])C(=O)N1CCC[C@H]1C(=O)OCc1ccccc1. The van der Waals surface area contributed by atoms with Gasteiger partial charge in [0.1, 0.15) is 12.6 Å². The molecule has 1 fully saturated rings. The van der Waals surface area contributed by atoms with Crippen LogP contribution in [0, 0.1) is 17.0 Å². The highest BCUT2D eigenvalue weighted by atomic mass is 16.6. The zero-order valence-electron chi connectivity index (χ0n) is 19.2. The molecule has 2 aromatic rings. The predicted molar refractivity (Wildman–Crippen MR) is 120 cm³/mol. The molecule has 3 rings (SSSR count). The molecule has 1 aliphatic rings. The highest BCUT2D eigenvalue weighted by Gasteiger charge is 2.52. The number of methoxy groups -OCH3 is 1. The molecule has 0 aliphatic carbocycles. The lowest BCUT2D eigenvalue weighted by Crippen LogP contribution is -2.58. The highest BCUT2D eigenvalue weighted by molar-refractivity contribution is 6.07. The number of rotatable bonds is 8. The standard InChI is InChI=1S/C24H26N2O8/c1-16-11-12-20(19(14-16)26(30)31)34-24(2,23(29)32-3)22(28)25-13-7-10-18(25)21(27)33-15-17-8-5-4-6-9-17/h4-6,8-9,11-12,14,18H,7,10,13,15H2,1-3H3/t18-,24+/m0/s1. The van der Waals surface area contributed by atoms with Crippen LogP contribution in [0.5, 0.6) is 5.75 Å². The largest absolute Gasteiger partial charge is 0.466 e. The molecule has 1 saturated heterocycles.